The SMILES string of the molecule is Cc1nsc(SCc2ccc(C(=O)O)cc2Br)n1. The van der Waals surface area contributed by atoms with Crippen LogP contribution in [0.3, 0.4) is 0 Å². The van der Waals surface area contributed by atoms with Gasteiger partial charge in [-0.25, -0.2) is 9.78 Å². The second kappa shape index (κ2) is 5.81. The molecule has 18 heavy (non-hydrogen) atoms. The first-order valence-corrected chi connectivity index (χ1v) is 7.56. The Morgan fingerprint density at radius 2 is 2.33 bits per heavy atom. The summed E-state index contributed by atoms with van der Waals surface area (Å²) in [5, 5.41) is 8.87. The minimum Gasteiger partial charge on any atom is -0.478 e. The van der Waals surface area contributed by atoms with Crippen molar-refractivity contribution >= 4 is 45.2 Å². The molecule has 0 saturated heterocycles. The van der Waals surface area contributed by atoms with E-state index in [4.69, 9.17) is 5.11 Å². The van der Waals surface area contributed by atoms with Crippen molar-refractivity contribution < 1.29 is 9.90 Å². The van der Waals surface area contributed by atoms with Crippen molar-refractivity contribution in [3.05, 3.63) is 39.6 Å². The molecule has 2 rings (SSSR count). The maximum absolute atomic E-state index is 10.8. The molecule has 0 fully saturated rings. The van der Waals surface area contributed by atoms with Gasteiger partial charge in [-0.1, -0.05) is 33.8 Å². The van der Waals surface area contributed by atoms with Gasteiger partial charge in [0.15, 0.2) is 4.34 Å². The zero-order valence-electron chi connectivity index (χ0n) is 9.38. The lowest BCUT2D eigenvalue weighted by atomic mass is 10.1. The molecule has 94 valence electrons. The molecule has 0 aliphatic carbocycles. The van der Waals surface area contributed by atoms with Crippen molar-refractivity contribution in [1.82, 2.24) is 9.36 Å². The Kier molecular flexibility index (Phi) is 4.36. The highest BCUT2D eigenvalue weighted by Gasteiger charge is 2.08. The molecule has 4 nitrogen and oxygen atoms in total. The molecule has 2 aromatic rings. The number of aromatic carboxylic acids is 1. The van der Waals surface area contributed by atoms with Crippen molar-refractivity contribution in [3.8, 4) is 0 Å². The molecule has 0 unspecified atom stereocenters. The standard InChI is InChI=1S/C11H9BrN2O2S2/c1-6-13-11(18-14-6)17-5-8-3-2-7(10(15)16)4-9(8)12/h2-4H,5H2,1H3,(H,15,16). The first kappa shape index (κ1) is 13.5. The highest BCUT2D eigenvalue weighted by molar-refractivity contribution is 9.10. The first-order chi connectivity index (χ1) is 8.56. The van der Waals surface area contributed by atoms with Gasteiger partial charge in [-0.05, 0) is 36.2 Å². The average molecular weight is 345 g/mol. The molecule has 7 heteroatoms. The lowest BCUT2D eigenvalue weighted by molar-refractivity contribution is 0.0697. The van der Waals surface area contributed by atoms with Gasteiger partial charge in [-0.2, -0.15) is 4.37 Å². The number of hydrogen-bond acceptors (Lipinski definition) is 5. The van der Waals surface area contributed by atoms with Crippen molar-refractivity contribution in [3.63, 3.8) is 0 Å². The van der Waals surface area contributed by atoms with E-state index in [2.05, 4.69) is 25.3 Å². The number of aryl methyl sites for hydroxylation is 1. The predicted molar refractivity (Wildman–Crippen MR) is 75.3 cm³/mol. The molecule has 0 aliphatic rings. The van der Waals surface area contributed by atoms with E-state index >= 15 is 0 Å². The zero-order chi connectivity index (χ0) is 13.1. The van der Waals surface area contributed by atoms with Gasteiger partial charge in [0.25, 0.3) is 0 Å². The number of thioether (sulfide) groups is 1. The number of hydrogen-bond donors (Lipinski definition) is 1. The fourth-order valence-electron chi connectivity index (χ4n) is 1.27. The van der Waals surface area contributed by atoms with Gasteiger partial charge in [0.1, 0.15) is 5.82 Å². The van der Waals surface area contributed by atoms with Crippen LogP contribution in [0.4, 0.5) is 0 Å². The van der Waals surface area contributed by atoms with Crippen LogP contribution in [0.5, 0.6) is 0 Å². The molecular formula is C11H9BrN2O2S2. The lowest BCUT2D eigenvalue weighted by Crippen LogP contribution is -1.96. The number of carboxylic acids is 1. The summed E-state index contributed by atoms with van der Waals surface area (Å²) in [6.45, 7) is 1.86. The summed E-state index contributed by atoms with van der Waals surface area (Å²) in [6, 6.07) is 5.03. The second-order valence-corrected chi connectivity index (χ2v) is 6.34. The lowest BCUT2D eigenvalue weighted by Gasteiger charge is -2.03. The third-order valence-corrected chi connectivity index (χ3v) is 4.87. The van der Waals surface area contributed by atoms with Gasteiger partial charge in [0.05, 0.1) is 5.56 Å². The predicted octanol–water partition coefficient (Wildman–Crippen LogP) is 3.60. The van der Waals surface area contributed by atoms with Crippen LogP contribution in [-0.2, 0) is 5.75 Å². The summed E-state index contributed by atoms with van der Waals surface area (Å²) >= 11 is 6.35. The van der Waals surface area contributed by atoms with Gasteiger partial charge in [0, 0.05) is 10.2 Å². The summed E-state index contributed by atoms with van der Waals surface area (Å²) in [5.41, 5.74) is 1.32. The number of carboxylic acid groups (broad SMARTS) is 1. The Labute approximate surface area is 121 Å². The number of rotatable bonds is 4. The highest BCUT2D eigenvalue weighted by Crippen LogP contribution is 2.28. The number of nitrogens with zero attached hydrogens (tertiary/aromatic N) is 2. The molecule has 1 heterocycles. The van der Waals surface area contributed by atoms with Crippen LogP contribution < -0.4 is 0 Å². The normalized spacial score (nSPS) is 10.6. The van der Waals surface area contributed by atoms with E-state index in [0.717, 1.165) is 26.0 Å². The molecule has 1 aromatic heterocycles. The zero-order valence-corrected chi connectivity index (χ0v) is 12.6. The largest absolute Gasteiger partial charge is 0.478 e. The van der Waals surface area contributed by atoms with E-state index in [9.17, 15) is 4.79 Å². The average Bonchev–Trinajstić information content (AvgIpc) is 2.73. The van der Waals surface area contributed by atoms with E-state index in [0.29, 0.717) is 0 Å². The third-order valence-electron chi connectivity index (χ3n) is 2.16. The van der Waals surface area contributed by atoms with Crippen molar-refractivity contribution in [2.24, 2.45) is 0 Å². The number of aromatic nitrogens is 2. The van der Waals surface area contributed by atoms with E-state index in [1.165, 1.54) is 11.5 Å². The van der Waals surface area contributed by atoms with E-state index in [1.54, 1.807) is 23.9 Å². The van der Waals surface area contributed by atoms with Crippen LogP contribution in [0.25, 0.3) is 0 Å². The Hall–Kier alpha value is -0.920. The highest BCUT2D eigenvalue weighted by atomic mass is 79.9. The second-order valence-electron chi connectivity index (χ2n) is 3.51. The summed E-state index contributed by atoms with van der Waals surface area (Å²) in [7, 11) is 0. The van der Waals surface area contributed by atoms with Gasteiger partial charge in [-0.15, -0.1) is 0 Å². The van der Waals surface area contributed by atoms with Crippen LogP contribution in [0.2, 0.25) is 0 Å². The summed E-state index contributed by atoms with van der Waals surface area (Å²) in [4.78, 5) is 15.1. The minimum atomic E-state index is -0.922. The summed E-state index contributed by atoms with van der Waals surface area (Å²) in [5.74, 6) is 0.590. The van der Waals surface area contributed by atoms with Crippen LogP contribution in [0.1, 0.15) is 21.7 Å². The fraction of sp³-hybridized carbons (Fsp3) is 0.182. The van der Waals surface area contributed by atoms with Crippen molar-refractivity contribution in [2.45, 2.75) is 17.0 Å². The van der Waals surface area contributed by atoms with Crippen LogP contribution in [0.15, 0.2) is 27.0 Å². The molecule has 0 saturated carbocycles. The number of benzene rings is 1. The molecule has 0 radical (unpaired) electrons. The van der Waals surface area contributed by atoms with Crippen molar-refractivity contribution in [1.29, 1.82) is 0 Å². The maximum atomic E-state index is 10.8. The summed E-state index contributed by atoms with van der Waals surface area (Å²) < 4.78 is 5.83. The van der Waals surface area contributed by atoms with Gasteiger partial charge in [-0.3, -0.25) is 0 Å². The third kappa shape index (κ3) is 3.30. The first-order valence-electron chi connectivity index (χ1n) is 5.01. The van der Waals surface area contributed by atoms with Gasteiger partial charge < -0.3 is 5.11 Å². The maximum Gasteiger partial charge on any atom is 0.335 e. The van der Waals surface area contributed by atoms with E-state index < -0.39 is 5.97 Å². The van der Waals surface area contributed by atoms with E-state index in [1.807, 2.05) is 13.0 Å². The Morgan fingerprint density at radius 1 is 1.56 bits per heavy atom. The molecule has 1 aromatic carbocycles. The van der Waals surface area contributed by atoms with E-state index in [-0.39, 0.29) is 5.56 Å². The minimum absolute atomic E-state index is 0.280. The van der Waals surface area contributed by atoms with Crippen LogP contribution in [0, 0.1) is 6.92 Å². The Balaban J connectivity index is 2.08. The smallest absolute Gasteiger partial charge is 0.335 e. The number of carbonyl (C=O) groups is 1. The van der Waals surface area contributed by atoms with Gasteiger partial charge >= 0.3 is 5.97 Å². The molecule has 1 N–H and O–H groups in total. The van der Waals surface area contributed by atoms with Crippen LogP contribution >= 0.6 is 39.2 Å². The quantitative estimate of drug-likeness (QED) is 0.858. The fourth-order valence-corrected chi connectivity index (χ4v) is 3.63. The molecular weight excluding hydrogens is 336 g/mol. The topological polar surface area (TPSA) is 63.1 Å². The molecule has 0 amide bonds. The van der Waals surface area contributed by atoms with Gasteiger partial charge in [0.2, 0.25) is 0 Å². The molecule has 0 bridgehead atoms. The van der Waals surface area contributed by atoms with Crippen LogP contribution in [-0.4, -0.2) is 20.4 Å². The number of halogens is 1. The molecule has 0 spiro atoms. The van der Waals surface area contributed by atoms with Crippen molar-refractivity contribution in [2.75, 3.05) is 0 Å². The monoisotopic (exact) mass is 344 g/mol. The Morgan fingerprint density at radius 3 is 2.89 bits per heavy atom. The Bertz CT molecular complexity index is 586. The molecule has 0 aliphatic heterocycles. The summed E-state index contributed by atoms with van der Waals surface area (Å²) in [6.07, 6.45) is 0. The molecule has 0 atom stereocenters.